The highest BCUT2D eigenvalue weighted by atomic mass is 35.5. The number of rotatable bonds is 2. The lowest BCUT2D eigenvalue weighted by atomic mass is 10.0. The Balaban J connectivity index is 2.22. The van der Waals surface area contributed by atoms with Gasteiger partial charge < -0.3 is 10.1 Å². The first kappa shape index (κ1) is 13.0. The number of benzene rings is 2. The molecule has 0 unspecified atom stereocenters. The first-order valence-electron chi connectivity index (χ1n) is 5.92. The summed E-state index contributed by atoms with van der Waals surface area (Å²) in [7, 11) is 0. The Hall–Kier alpha value is -1.97. The summed E-state index contributed by atoms with van der Waals surface area (Å²) in [5.74, 6) is -0.0488. The van der Waals surface area contributed by atoms with Gasteiger partial charge in [0.05, 0.1) is 16.3 Å². The minimum atomic E-state index is -0.0488. The Morgan fingerprint density at radius 1 is 1.10 bits per heavy atom. The van der Waals surface area contributed by atoms with Gasteiger partial charge in [0.2, 0.25) is 0 Å². The number of fused-ring (bicyclic) bond motifs is 1. The van der Waals surface area contributed by atoms with Crippen molar-refractivity contribution >= 4 is 39.8 Å². The molecule has 0 saturated heterocycles. The third kappa shape index (κ3) is 2.05. The van der Waals surface area contributed by atoms with Crippen molar-refractivity contribution in [3.63, 3.8) is 0 Å². The summed E-state index contributed by atoms with van der Waals surface area (Å²) >= 11 is 12.1. The smallest absolute Gasteiger partial charge is 0.199 e. The van der Waals surface area contributed by atoms with E-state index in [0.29, 0.717) is 21.2 Å². The highest BCUT2D eigenvalue weighted by Gasteiger charge is 2.18. The first-order valence-corrected chi connectivity index (χ1v) is 6.67. The van der Waals surface area contributed by atoms with Crippen molar-refractivity contribution < 1.29 is 5.11 Å². The van der Waals surface area contributed by atoms with E-state index in [4.69, 9.17) is 28.6 Å². The molecule has 3 aromatic rings. The minimum Gasteiger partial charge on any atom is -0.494 e. The second-order valence-corrected chi connectivity index (χ2v) is 5.24. The number of hydrogen-bond donors (Lipinski definition) is 3. The van der Waals surface area contributed by atoms with Crippen molar-refractivity contribution in [2.24, 2.45) is 0 Å². The van der Waals surface area contributed by atoms with Gasteiger partial charge in [-0.2, -0.15) is 0 Å². The lowest BCUT2D eigenvalue weighted by Gasteiger charge is -2.07. The van der Waals surface area contributed by atoms with Gasteiger partial charge in [-0.05, 0) is 24.3 Å². The van der Waals surface area contributed by atoms with Gasteiger partial charge in [-0.25, -0.2) is 0 Å². The van der Waals surface area contributed by atoms with E-state index in [1.165, 1.54) is 0 Å². The number of aromatic hydroxyl groups is 1. The molecule has 0 spiro atoms. The topological polar surface area (TPSA) is 59.9 Å². The Bertz CT molecular complexity index is 824. The van der Waals surface area contributed by atoms with Crippen LogP contribution in [0.5, 0.6) is 5.88 Å². The predicted molar refractivity (Wildman–Crippen MR) is 82.4 cm³/mol. The van der Waals surface area contributed by atoms with Crippen LogP contribution in [0.15, 0.2) is 42.5 Å². The molecule has 20 heavy (non-hydrogen) atoms. The molecule has 0 amide bonds. The van der Waals surface area contributed by atoms with Crippen LogP contribution in [-0.2, 0) is 0 Å². The van der Waals surface area contributed by atoms with Crippen molar-refractivity contribution in [1.29, 1.82) is 5.41 Å². The van der Waals surface area contributed by atoms with Crippen LogP contribution in [0.25, 0.3) is 10.9 Å². The van der Waals surface area contributed by atoms with E-state index in [2.05, 4.69) is 4.98 Å². The summed E-state index contributed by atoms with van der Waals surface area (Å²) < 4.78 is 0. The average molecular weight is 305 g/mol. The van der Waals surface area contributed by atoms with Crippen molar-refractivity contribution in [1.82, 2.24) is 4.98 Å². The van der Waals surface area contributed by atoms with Gasteiger partial charge in [0.15, 0.2) is 5.88 Å². The van der Waals surface area contributed by atoms with E-state index >= 15 is 0 Å². The normalized spacial score (nSPS) is 10.9. The van der Waals surface area contributed by atoms with Crippen LogP contribution in [0, 0.1) is 5.41 Å². The highest BCUT2D eigenvalue weighted by Crippen LogP contribution is 2.31. The molecule has 0 radical (unpaired) electrons. The molecule has 0 fully saturated rings. The summed E-state index contributed by atoms with van der Waals surface area (Å²) in [6.45, 7) is 0. The molecule has 0 aliphatic carbocycles. The largest absolute Gasteiger partial charge is 0.494 e. The molecule has 1 heterocycles. The predicted octanol–water partition coefficient (Wildman–Crippen LogP) is 4.60. The fourth-order valence-corrected chi connectivity index (χ4v) is 2.59. The molecule has 1 aromatic heterocycles. The number of hydrogen-bond acceptors (Lipinski definition) is 2. The molecular formula is C15H10Cl2N2O. The molecule has 3 rings (SSSR count). The maximum atomic E-state index is 10.1. The number of nitrogens with one attached hydrogen (secondary N) is 2. The van der Waals surface area contributed by atoms with Crippen molar-refractivity contribution in [3.05, 3.63) is 63.6 Å². The van der Waals surface area contributed by atoms with Crippen LogP contribution in [0.2, 0.25) is 10.0 Å². The maximum Gasteiger partial charge on any atom is 0.199 e. The third-order valence-corrected chi connectivity index (χ3v) is 3.70. The zero-order valence-corrected chi connectivity index (χ0v) is 11.8. The van der Waals surface area contributed by atoms with E-state index < -0.39 is 0 Å². The summed E-state index contributed by atoms with van der Waals surface area (Å²) in [6, 6.07) is 12.3. The summed E-state index contributed by atoms with van der Waals surface area (Å²) in [5, 5.41) is 20.1. The van der Waals surface area contributed by atoms with Crippen molar-refractivity contribution in [2.45, 2.75) is 0 Å². The van der Waals surface area contributed by atoms with Crippen LogP contribution in [0.4, 0.5) is 0 Å². The molecule has 0 bridgehead atoms. The highest BCUT2D eigenvalue weighted by molar-refractivity contribution is 6.37. The molecular weight excluding hydrogens is 295 g/mol. The molecule has 3 N–H and O–H groups in total. The second kappa shape index (κ2) is 4.85. The zero-order valence-electron chi connectivity index (χ0n) is 10.2. The number of H-pyrrole nitrogens is 1. The van der Waals surface area contributed by atoms with Gasteiger partial charge in [0.1, 0.15) is 0 Å². The average Bonchev–Trinajstić information content (AvgIpc) is 2.76. The van der Waals surface area contributed by atoms with Gasteiger partial charge in [0, 0.05) is 21.5 Å². The van der Waals surface area contributed by atoms with Crippen molar-refractivity contribution in [2.75, 3.05) is 0 Å². The zero-order chi connectivity index (χ0) is 14.3. The van der Waals surface area contributed by atoms with Crippen LogP contribution in [0.3, 0.4) is 0 Å². The molecule has 0 aliphatic heterocycles. The molecule has 5 heteroatoms. The van der Waals surface area contributed by atoms with Gasteiger partial charge in [-0.1, -0.05) is 41.4 Å². The van der Waals surface area contributed by atoms with E-state index in [-0.39, 0.29) is 11.6 Å². The quantitative estimate of drug-likeness (QED) is 0.595. The monoisotopic (exact) mass is 304 g/mol. The van der Waals surface area contributed by atoms with E-state index in [1.807, 2.05) is 24.3 Å². The Kier molecular flexibility index (Phi) is 3.16. The lowest BCUT2D eigenvalue weighted by molar-refractivity contribution is 0.457. The summed E-state index contributed by atoms with van der Waals surface area (Å²) in [6.07, 6.45) is 0. The fourth-order valence-electron chi connectivity index (χ4n) is 2.20. The first-order chi connectivity index (χ1) is 9.58. The van der Waals surface area contributed by atoms with E-state index in [1.54, 1.807) is 18.2 Å². The number of aromatic amines is 1. The van der Waals surface area contributed by atoms with Crippen LogP contribution < -0.4 is 0 Å². The molecule has 0 aliphatic rings. The number of halogens is 2. The SMILES string of the molecule is N=C(c1cc(Cl)ccc1Cl)c1c(O)[nH]c2ccccc12. The van der Waals surface area contributed by atoms with Gasteiger partial charge in [0.25, 0.3) is 0 Å². The Labute approximate surface area is 125 Å². The molecule has 0 saturated carbocycles. The Morgan fingerprint density at radius 3 is 2.65 bits per heavy atom. The van der Waals surface area contributed by atoms with Gasteiger partial charge >= 0.3 is 0 Å². The molecule has 100 valence electrons. The number of aromatic nitrogens is 1. The minimum absolute atomic E-state index is 0.0488. The lowest BCUT2D eigenvalue weighted by Crippen LogP contribution is -2.02. The molecule has 3 nitrogen and oxygen atoms in total. The van der Waals surface area contributed by atoms with Gasteiger partial charge in [-0.15, -0.1) is 0 Å². The van der Waals surface area contributed by atoms with Crippen LogP contribution >= 0.6 is 23.2 Å². The van der Waals surface area contributed by atoms with E-state index in [0.717, 1.165) is 10.9 Å². The Morgan fingerprint density at radius 2 is 1.85 bits per heavy atom. The molecule has 2 aromatic carbocycles. The summed E-state index contributed by atoms with van der Waals surface area (Å²) in [5.41, 5.74) is 1.80. The van der Waals surface area contributed by atoms with Gasteiger partial charge in [-0.3, -0.25) is 5.41 Å². The molecule has 0 atom stereocenters. The van der Waals surface area contributed by atoms with Crippen LogP contribution in [-0.4, -0.2) is 15.8 Å². The van der Waals surface area contributed by atoms with Crippen molar-refractivity contribution in [3.8, 4) is 5.88 Å². The standard InChI is InChI=1S/C15H10Cl2N2O/c16-8-5-6-11(17)10(7-8)14(18)13-9-3-1-2-4-12(9)19-15(13)20/h1-7,18-20H. The maximum absolute atomic E-state index is 10.1. The third-order valence-electron chi connectivity index (χ3n) is 3.13. The second-order valence-electron chi connectivity index (χ2n) is 4.39. The summed E-state index contributed by atoms with van der Waals surface area (Å²) in [4.78, 5) is 2.85. The fraction of sp³-hybridized carbons (Fsp3) is 0. The van der Waals surface area contributed by atoms with Crippen LogP contribution in [0.1, 0.15) is 11.1 Å². The number of para-hydroxylation sites is 1. The van der Waals surface area contributed by atoms with E-state index in [9.17, 15) is 5.11 Å².